The highest BCUT2D eigenvalue weighted by atomic mass is 16.5. The van der Waals surface area contributed by atoms with E-state index in [0.717, 1.165) is 6.42 Å². The van der Waals surface area contributed by atoms with Crippen LogP contribution < -0.4 is 5.32 Å². The summed E-state index contributed by atoms with van der Waals surface area (Å²) >= 11 is 0. The molecule has 0 atom stereocenters. The van der Waals surface area contributed by atoms with Crippen LogP contribution in [0.1, 0.15) is 57.2 Å². The number of rotatable bonds is 6. The number of carbonyl (C=O) groups excluding carboxylic acids is 2. The fourth-order valence-corrected chi connectivity index (χ4v) is 1.90. The summed E-state index contributed by atoms with van der Waals surface area (Å²) in [5, 5.41) is 10.6. The Morgan fingerprint density at radius 2 is 1.95 bits per heavy atom. The van der Waals surface area contributed by atoms with Gasteiger partial charge in [-0.15, -0.1) is 5.10 Å². The molecule has 1 rings (SSSR count). The Labute approximate surface area is 125 Å². The number of ether oxygens (including phenoxy) is 1. The van der Waals surface area contributed by atoms with Crippen molar-refractivity contribution in [2.24, 2.45) is 0 Å². The number of nitrogens with one attached hydrogen (secondary N) is 1. The summed E-state index contributed by atoms with van der Waals surface area (Å²) in [5.74, 6) is -0.663. The molecule has 0 spiro atoms. The first-order chi connectivity index (χ1) is 9.78. The Balaban J connectivity index is 2.92. The second kappa shape index (κ2) is 7.19. The van der Waals surface area contributed by atoms with Crippen molar-refractivity contribution in [2.75, 3.05) is 6.61 Å². The molecule has 1 N–H and O–H groups in total. The van der Waals surface area contributed by atoms with Crippen LogP contribution in [-0.4, -0.2) is 39.0 Å². The monoisotopic (exact) mass is 296 g/mol. The first-order valence-electron chi connectivity index (χ1n) is 7.19. The molecule has 0 aliphatic heterocycles. The molecule has 118 valence electrons. The fraction of sp³-hybridized carbons (Fsp3) is 0.714. The van der Waals surface area contributed by atoms with Crippen LogP contribution >= 0.6 is 0 Å². The van der Waals surface area contributed by atoms with Crippen LogP contribution in [0.2, 0.25) is 0 Å². The van der Waals surface area contributed by atoms with E-state index in [1.54, 1.807) is 6.92 Å². The van der Waals surface area contributed by atoms with E-state index in [9.17, 15) is 9.59 Å². The average Bonchev–Trinajstić information content (AvgIpc) is 2.71. The van der Waals surface area contributed by atoms with Crippen LogP contribution in [0.25, 0.3) is 0 Å². The number of esters is 1. The Bertz CT molecular complexity index is 503. The quantitative estimate of drug-likeness (QED) is 0.800. The minimum atomic E-state index is -0.497. The van der Waals surface area contributed by atoms with E-state index in [4.69, 9.17) is 4.74 Å². The Hall–Kier alpha value is -1.92. The molecule has 0 radical (unpaired) electrons. The summed E-state index contributed by atoms with van der Waals surface area (Å²) in [6, 6.07) is 0. The predicted octanol–water partition coefficient (Wildman–Crippen LogP) is 1.32. The molecule has 0 bridgehead atoms. The zero-order chi connectivity index (χ0) is 16.0. The molecular formula is C14H24N4O3. The standard InChI is InChI=1S/C14H24N4O3/c1-6-8-10-12(13(20)21-7-2)16-17-18(10)9-11(19)15-14(3,4)5/h6-9H2,1-5H3,(H,15,19). The molecule has 1 heterocycles. The van der Waals surface area contributed by atoms with Crippen molar-refractivity contribution in [3.8, 4) is 0 Å². The molecular weight excluding hydrogens is 272 g/mol. The lowest BCUT2D eigenvalue weighted by Crippen LogP contribution is -2.42. The highest BCUT2D eigenvalue weighted by molar-refractivity contribution is 5.88. The summed E-state index contributed by atoms with van der Waals surface area (Å²) < 4.78 is 6.43. The van der Waals surface area contributed by atoms with E-state index in [1.807, 2.05) is 27.7 Å². The van der Waals surface area contributed by atoms with Gasteiger partial charge in [-0.1, -0.05) is 18.6 Å². The highest BCUT2D eigenvalue weighted by Gasteiger charge is 2.22. The molecule has 7 nitrogen and oxygen atoms in total. The third-order valence-corrected chi connectivity index (χ3v) is 2.60. The van der Waals surface area contributed by atoms with Crippen molar-refractivity contribution in [3.05, 3.63) is 11.4 Å². The summed E-state index contributed by atoms with van der Waals surface area (Å²) in [6.07, 6.45) is 1.44. The van der Waals surface area contributed by atoms with Gasteiger partial charge in [0.15, 0.2) is 5.69 Å². The number of amides is 1. The summed E-state index contributed by atoms with van der Waals surface area (Å²) in [4.78, 5) is 23.8. The van der Waals surface area contributed by atoms with Crippen LogP contribution in [0.5, 0.6) is 0 Å². The molecule has 0 unspecified atom stereocenters. The van der Waals surface area contributed by atoms with E-state index >= 15 is 0 Å². The van der Waals surface area contributed by atoms with Gasteiger partial charge >= 0.3 is 5.97 Å². The van der Waals surface area contributed by atoms with Crippen molar-refractivity contribution in [2.45, 2.75) is 59.5 Å². The van der Waals surface area contributed by atoms with Crippen LogP contribution in [0.15, 0.2) is 0 Å². The molecule has 0 saturated carbocycles. The molecule has 0 aromatic carbocycles. The number of aromatic nitrogens is 3. The summed E-state index contributed by atoms with van der Waals surface area (Å²) in [7, 11) is 0. The molecule has 21 heavy (non-hydrogen) atoms. The third kappa shape index (κ3) is 5.17. The van der Waals surface area contributed by atoms with Crippen LogP contribution in [-0.2, 0) is 22.5 Å². The van der Waals surface area contributed by atoms with E-state index < -0.39 is 5.97 Å². The van der Waals surface area contributed by atoms with Gasteiger partial charge in [0.1, 0.15) is 6.54 Å². The summed E-state index contributed by atoms with van der Waals surface area (Å²) in [5.41, 5.74) is 0.522. The van der Waals surface area contributed by atoms with Crippen molar-refractivity contribution < 1.29 is 14.3 Å². The second-order valence-electron chi connectivity index (χ2n) is 5.81. The van der Waals surface area contributed by atoms with Gasteiger partial charge in [-0.2, -0.15) is 0 Å². The van der Waals surface area contributed by atoms with Gasteiger partial charge in [0, 0.05) is 5.54 Å². The van der Waals surface area contributed by atoms with Crippen molar-refractivity contribution >= 4 is 11.9 Å². The molecule has 0 aliphatic carbocycles. The Morgan fingerprint density at radius 1 is 1.29 bits per heavy atom. The van der Waals surface area contributed by atoms with Gasteiger partial charge < -0.3 is 10.1 Å². The number of nitrogens with zero attached hydrogens (tertiary/aromatic N) is 3. The fourth-order valence-electron chi connectivity index (χ4n) is 1.90. The molecule has 7 heteroatoms. The Morgan fingerprint density at radius 3 is 2.48 bits per heavy atom. The largest absolute Gasteiger partial charge is 0.461 e. The maximum absolute atomic E-state index is 12.0. The minimum absolute atomic E-state index is 0.0407. The van der Waals surface area contributed by atoms with Crippen molar-refractivity contribution in [1.82, 2.24) is 20.3 Å². The zero-order valence-corrected chi connectivity index (χ0v) is 13.4. The first-order valence-corrected chi connectivity index (χ1v) is 7.19. The van der Waals surface area contributed by atoms with Crippen LogP contribution in [0.3, 0.4) is 0 Å². The molecule has 1 aromatic rings. The smallest absolute Gasteiger partial charge is 0.360 e. The minimum Gasteiger partial charge on any atom is -0.461 e. The van der Waals surface area contributed by atoms with Gasteiger partial charge in [0.25, 0.3) is 0 Å². The lowest BCUT2D eigenvalue weighted by atomic mass is 10.1. The van der Waals surface area contributed by atoms with Gasteiger partial charge in [0.2, 0.25) is 5.91 Å². The van der Waals surface area contributed by atoms with E-state index in [-0.39, 0.29) is 30.3 Å². The first kappa shape index (κ1) is 17.1. The lowest BCUT2D eigenvalue weighted by molar-refractivity contribution is -0.123. The van der Waals surface area contributed by atoms with Crippen LogP contribution in [0, 0.1) is 0 Å². The maximum atomic E-state index is 12.0. The van der Waals surface area contributed by atoms with Gasteiger partial charge in [-0.05, 0) is 34.1 Å². The topological polar surface area (TPSA) is 86.1 Å². The zero-order valence-electron chi connectivity index (χ0n) is 13.4. The van der Waals surface area contributed by atoms with Gasteiger partial charge in [-0.25, -0.2) is 9.48 Å². The normalized spacial score (nSPS) is 11.3. The molecule has 0 fully saturated rings. The Kier molecular flexibility index (Phi) is 5.87. The van der Waals surface area contributed by atoms with E-state index in [1.165, 1.54) is 4.68 Å². The van der Waals surface area contributed by atoms with E-state index in [2.05, 4.69) is 15.6 Å². The number of hydrogen-bond donors (Lipinski definition) is 1. The molecule has 0 aliphatic rings. The van der Waals surface area contributed by atoms with Crippen LogP contribution in [0.4, 0.5) is 0 Å². The third-order valence-electron chi connectivity index (χ3n) is 2.60. The average molecular weight is 296 g/mol. The van der Waals surface area contributed by atoms with Crippen molar-refractivity contribution in [3.63, 3.8) is 0 Å². The van der Waals surface area contributed by atoms with E-state index in [0.29, 0.717) is 12.1 Å². The molecule has 0 saturated heterocycles. The van der Waals surface area contributed by atoms with Crippen molar-refractivity contribution in [1.29, 1.82) is 0 Å². The predicted molar refractivity (Wildman–Crippen MR) is 77.9 cm³/mol. The van der Waals surface area contributed by atoms with Gasteiger partial charge in [-0.3, -0.25) is 4.79 Å². The lowest BCUT2D eigenvalue weighted by Gasteiger charge is -2.20. The number of carbonyl (C=O) groups is 2. The summed E-state index contributed by atoms with van der Waals surface area (Å²) in [6.45, 7) is 9.76. The molecule has 1 amide bonds. The maximum Gasteiger partial charge on any atom is 0.360 e. The SMILES string of the molecule is CCCc1c(C(=O)OCC)nnn1CC(=O)NC(C)(C)C. The van der Waals surface area contributed by atoms with Gasteiger partial charge in [0.05, 0.1) is 12.3 Å². The number of hydrogen-bond acceptors (Lipinski definition) is 5. The second-order valence-corrected chi connectivity index (χ2v) is 5.81. The highest BCUT2D eigenvalue weighted by Crippen LogP contribution is 2.10. The molecule has 1 aromatic heterocycles.